The van der Waals surface area contributed by atoms with E-state index < -0.39 is 60.6 Å². The third-order valence-corrected chi connectivity index (χ3v) is 5.79. The fraction of sp³-hybridized carbons (Fsp3) is 0.840. The second-order valence-electron chi connectivity index (χ2n) is 10.5. The Labute approximate surface area is 215 Å². The molecule has 0 aliphatic carbocycles. The largest absolute Gasteiger partial charge is 0.481 e. The number of aliphatic hydroxyl groups is 2. The quantitative estimate of drug-likeness (QED) is 0.138. The highest BCUT2D eigenvalue weighted by Crippen LogP contribution is 2.13. The Bertz CT molecular complexity index is 702. The van der Waals surface area contributed by atoms with Crippen LogP contribution in [0.4, 0.5) is 0 Å². The number of hydrogen-bond acceptors (Lipinski definition) is 7. The van der Waals surface area contributed by atoms with Gasteiger partial charge in [0.1, 0.15) is 6.04 Å². The Morgan fingerprint density at radius 1 is 0.778 bits per heavy atom. The van der Waals surface area contributed by atoms with Crippen LogP contribution in [0.25, 0.3) is 0 Å². The van der Waals surface area contributed by atoms with Crippen LogP contribution in [-0.4, -0.2) is 75.4 Å². The molecular weight excluding hydrogens is 468 g/mol. The van der Waals surface area contributed by atoms with Gasteiger partial charge < -0.3 is 37.0 Å². The zero-order valence-electron chi connectivity index (χ0n) is 22.6. The van der Waals surface area contributed by atoms with Crippen molar-refractivity contribution in [2.45, 2.75) is 123 Å². The number of aliphatic hydroxyl groups excluding tert-OH is 2. The second-order valence-corrected chi connectivity index (χ2v) is 10.5. The van der Waals surface area contributed by atoms with Gasteiger partial charge in [-0.25, -0.2) is 0 Å². The predicted molar refractivity (Wildman–Crippen MR) is 137 cm³/mol. The first-order chi connectivity index (χ1) is 16.7. The van der Waals surface area contributed by atoms with Crippen molar-refractivity contribution < 1.29 is 34.5 Å². The number of carboxylic acid groups (broad SMARTS) is 1. The lowest BCUT2D eigenvalue weighted by atomic mass is 9.96. The SMILES string of the molecule is CCCC[C@H](N)C(=O)N[C@@H](CC(C)C)[C@@H](O)CC(=O)N[C@@H](C)C(=O)N[C@@H](CC(C)C)[C@@H](O)CC(=O)O. The third kappa shape index (κ3) is 14.4. The van der Waals surface area contributed by atoms with Crippen molar-refractivity contribution >= 4 is 23.7 Å². The van der Waals surface area contributed by atoms with E-state index in [1.54, 1.807) is 0 Å². The average molecular weight is 517 g/mol. The number of nitrogens with two attached hydrogens (primary N) is 1. The van der Waals surface area contributed by atoms with E-state index in [0.717, 1.165) is 12.8 Å². The number of hydrogen-bond donors (Lipinski definition) is 7. The lowest BCUT2D eigenvalue weighted by Crippen LogP contribution is -2.53. The van der Waals surface area contributed by atoms with Gasteiger partial charge in [0.2, 0.25) is 17.7 Å². The van der Waals surface area contributed by atoms with Gasteiger partial charge in [0.25, 0.3) is 0 Å². The predicted octanol–water partition coefficient (Wildman–Crippen LogP) is 0.657. The summed E-state index contributed by atoms with van der Waals surface area (Å²) in [6, 6.07) is -3.15. The summed E-state index contributed by atoms with van der Waals surface area (Å²) in [5.41, 5.74) is 5.93. The highest BCUT2D eigenvalue weighted by Gasteiger charge is 2.29. The summed E-state index contributed by atoms with van der Waals surface area (Å²) < 4.78 is 0. The summed E-state index contributed by atoms with van der Waals surface area (Å²) in [4.78, 5) is 48.6. The van der Waals surface area contributed by atoms with Crippen LogP contribution in [0.3, 0.4) is 0 Å². The van der Waals surface area contributed by atoms with Crippen LogP contribution in [0.5, 0.6) is 0 Å². The molecule has 210 valence electrons. The number of carboxylic acids is 1. The lowest BCUT2D eigenvalue weighted by Gasteiger charge is -2.28. The Morgan fingerprint density at radius 2 is 1.25 bits per heavy atom. The summed E-state index contributed by atoms with van der Waals surface area (Å²) in [5.74, 6) is -2.51. The molecule has 0 unspecified atom stereocenters. The zero-order chi connectivity index (χ0) is 28.0. The highest BCUT2D eigenvalue weighted by molar-refractivity contribution is 5.87. The Morgan fingerprint density at radius 3 is 1.69 bits per heavy atom. The van der Waals surface area contributed by atoms with Crippen LogP contribution in [-0.2, 0) is 19.2 Å². The molecular formula is C25H48N4O7. The Kier molecular flexibility index (Phi) is 16.2. The molecule has 0 fully saturated rings. The zero-order valence-corrected chi connectivity index (χ0v) is 22.6. The van der Waals surface area contributed by atoms with Gasteiger partial charge in [-0.1, -0.05) is 47.5 Å². The topological polar surface area (TPSA) is 191 Å². The molecule has 0 aliphatic rings. The maximum Gasteiger partial charge on any atom is 0.306 e. The highest BCUT2D eigenvalue weighted by atomic mass is 16.4. The third-order valence-electron chi connectivity index (χ3n) is 5.79. The minimum atomic E-state index is -1.28. The molecule has 0 aromatic carbocycles. The number of nitrogens with one attached hydrogen (secondary N) is 3. The van der Waals surface area contributed by atoms with E-state index in [-0.39, 0.29) is 24.2 Å². The van der Waals surface area contributed by atoms with Gasteiger partial charge in [-0.3, -0.25) is 19.2 Å². The molecule has 0 heterocycles. The lowest BCUT2D eigenvalue weighted by molar-refractivity contribution is -0.140. The van der Waals surface area contributed by atoms with Crippen molar-refractivity contribution in [3.05, 3.63) is 0 Å². The standard InChI is InChI=1S/C25H48N4O7/c1-7-8-9-17(26)25(36)29-18(10-14(2)3)20(30)12-22(32)27-16(6)24(35)28-19(11-15(4)5)21(31)13-23(33)34/h14-21,30-31H,7-13,26H2,1-6H3,(H,27,32)(H,28,35)(H,29,36)(H,33,34)/t16-,17-,18-,19-,20-,21-/m0/s1. The van der Waals surface area contributed by atoms with Crippen molar-refractivity contribution in [1.29, 1.82) is 0 Å². The smallest absolute Gasteiger partial charge is 0.306 e. The Hall–Kier alpha value is -2.24. The van der Waals surface area contributed by atoms with Crippen molar-refractivity contribution in [2.24, 2.45) is 17.6 Å². The van der Waals surface area contributed by atoms with Gasteiger partial charge in [0.05, 0.1) is 43.2 Å². The molecule has 0 aliphatic heterocycles. The molecule has 6 atom stereocenters. The van der Waals surface area contributed by atoms with Gasteiger partial charge in [-0.2, -0.15) is 0 Å². The molecule has 0 radical (unpaired) electrons. The van der Waals surface area contributed by atoms with E-state index in [0.29, 0.717) is 19.3 Å². The number of unbranched alkanes of at least 4 members (excludes halogenated alkanes) is 1. The van der Waals surface area contributed by atoms with Crippen molar-refractivity contribution in [3.8, 4) is 0 Å². The molecule has 0 bridgehead atoms. The van der Waals surface area contributed by atoms with E-state index in [1.807, 2.05) is 34.6 Å². The molecule has 0 rings (SSSR count). The van der Waals surface area contributed by atoms with Crippen LogP contribution < -0.4 is 21.7 Å². The molecule has 3 amide bonds. The molecule has 0 aromatic rings. The minimum absolute atomic E-state index is 0.0852. The summed E-state index contributed by atoms with van der Waals surface area (Å²) in [6.45, 7) is 11.1. The van der Waals surface area contributed by atoms with Crippen molar-refractivity contribution in [2.75, 3.05) is 0 Å². The number of carbonyl (C=O) groups excluding carboxylic acids is 3. The monoisotopic (exact) mass is 516 g/mol. The molecule has 11 nitrogen and oxygen atoms in total. The average Bonchev–Trinajstić information content (AvgIpc) is 2.74. The van der Waals surface area contributed by atoms with Gasteiger partial charge >= 0.3 is 5.97 Å². The maximum absolute atomic E-state index is 12.6. The van der Waals surface area contributed by atoms with E-state index in [1.165, 1.54) is 6.92 Å². The number of aliphatic carboxylic acids is 1. The number of amides is 3. The van der Waals surface area contributed by atoms with Gasteiger partial charge in [-0.05, 0) is 38.0 Å². The molecule has 0 saturated carbocycles. The fourth-order valence-corrected chi connectivity index (χ4v) is 3.81. The number of rotatable bonds is 18. The van der Waals surface area contributed by atoms with E-state index in [2.05, 4.69) is 16.0 Å². The first kappa shape index (κ1) is 33.8. The number of carbonyl (C=O) groups is 4. The molecule has 0 saturated heterocycles. The van der Waals surface area contributed by atoms with Gasteiger partial charge in [0, 0.05) is 0 Å². The van der Waals surface area contributed by atoms with Crippen molar-refractivity contribution in [3.63, 3.8) is 0 Å². The summed E-state index contributed by atoms with van der Waals surface area (Å²) in [7, 11) is 0. The summed E-state index contributed by atoms with van der Waals surface area (Å²) in [5, 5.41) is 37.7. The Balaban J connectivity index is 5.06. The van der Waals surface area contributed by atoms with Crippen LogP contribution in [0.1, 0.15) is 86.5 Å². The van der Waals surface area contributed by atoms with Crippen molar-refractivity contribution in [1.82, 2.24) is 16.0 Å². The fourth-order valence-electron chi connectivity index (χ4n) is 3.81. The summed E-state index contributed by atoms with van der Waals surface area (Å²) in [6.07, 6.45) is -0.281. The van der Waals surface area contributed by atoms with E-state index >= 15 is 0 Å². The minimum Gasteiger partial charge on any atom is -0.481 e. The second kappa shape index (κ2) is 17.3. The molecule has 0 spiro atoms. The van der Waals surface area contributed by atoms with Gasteiger partial charge in [-0.15, -0.1) is 0 Å². The summed E-state index contributed by atoms with van der Waals surface area (Å²) >= 11 is 0. The van der Waals surface area contributed by atoms with Gasteiger partial charge in [0.15, 0.2) is 0 Å². The first-order valence-corrected chi connectivity index (χ1v) is 12.9. The molecule has 0 aromatic heterocycles. The van der Waals surface area contributed by atoms with E-state index in [4.69, 9.17) is 10.8 Å². The van der Waals surface area contributed by atoms with Crippen LogP contribution >= 0.6 is 0 Å². The molecule has 36 heavy (non-hydrogen) atoms. The van der Waals surface area contributed by atoms with Crippen LogP contribution in [0.15, 0.2) is 0 Å². The van der Waals surface area contributed by atoms with Crippen LogP contribution in [0, 0.1) is 11.8 Å². The molecule has 8 N–H and O–H groups in total. The normalized spacial score (nSPS) is 16.5. The molecule has 11 heteroatoms. The van der Waals surface area contributed by atoms with E-state index in [9.17, 15) is 29.4 Å². The van der Waals surface area contributed by atoms with Crippen LogP contribution in [0.2, 0.25) is 0 Å². The first-order valence-electron chi connectivity index (χ1n) is 12.9. The maximum atomic E-state index is 12.6.